The van der Waals surface area contributed by atoms with Crippen LogP contribution in [0.2, 0.25) is 0 Å². The minimum absolute atomic E-state index is 0.105. The van der Waals surface area contributed by atoms with E-state index in [1.165, 1.54) is 14.1 Å². The molecule has 0 amide bonds. The summed E-state index contributed by atoms with van der Waals surface area (Å²) in [6, 6.07) is -0.148. The van der Waals surface area contributed by atoms with Gasteiger partial charge in [0.05, 0.1) is 13.2 Å². The Bertz CT molecular complexity index is 730. The molecule has 0 radical (unpaired) electrons. The summed E-state index contributed by atoms with van der Waals surface area (Å²) in [6.07, 6.45) is 1.03. The van der Waals surface area contributed by atoms with E-state index in [0.29, 0.717) is 19.8 Å². The zero-order chi connectivity index (χ0) is 15.6. The molecule has 1 saturated heterocycles. The third-order valence-electron chi connectivity index (χ3n) is 3.22. The van der Waals surface area contributed by atoms with Crippen LogP contribution in [-0.2, 0) is 28.9 Å². The third kappa shape index (κ3) is 3.40. The van der Waals surface area contributed by atoms with Crippen LogP contribution in [0.25, 0.3) is 0 Å². The average molecular weight is 318 g/mol. The molecular weight excluding hydrogens is 300 g/mol. The molecule has 1 aromatic heterocycles. The van der Waals surface area contributed by atoms with Gasteiger partial charge in [0.1, 0.15) is 0 Å². The maximum absolute atomic E-state index is 12.2. The molecule has 2 rings (SSSR count). The standard InChI is InChI=1S/C11H18N4O5S/c1-14-6-9(10(16)15(2)11(14)17)21(18,19)13-5-8-7-20-4-3-12-8/h6,8,12-13H,3-5,7H2,1-2H3. The Morgan fingerprint density at radius 2 is 2.14 bits per heavy atom. The molecule has 118 valence electrons. The number of sulfonamides is 1. The van der Waals surface area contributed by atoms with Gasteiger partial charge in [-0.2, -0.15) is 0 Å². The molecule has 1 aliphatic rings. The van der Waals surface area contributed by atoms with Gasteiger partial charge in [-0.15, -0.1) is 0 Å². The van der Waals surface area contributed by atoms with Crippen LogP contribution in [0.3, 0.4) is 0 Å². The van der Waals surface area contributed by atoms with Crippen molar-refractivity contribution >= 4 is 10.0 Å². The molecular formula is C11H18N4O5S. The van der Waals surface area contributed by atoms with Crippen molar-refractivity contribution in [1.29, 1.82) is 0 Å². The molecule has 0 bridgehead atoms. The Morgan fingerprint density at radius 3 is 2.76 bits per heavy atom. The summed E-state index contributed by atoms with van der Waals surface area (Å²) in [5.41, 5.74) is -1.43. The van der Waals surface area contributed by atoms with Crippen molar-refractivity contribution in [2.75, 3.05) is 26.3 Å². The molecule has 2 N–H and O–H groups in total. The van der Waals surface area contributed by atoms with Crippen molar-refractivity contribution in [3.8, 4) is 0 Å². The van der Waals surface area contributed by atoms with E-state index in [9.17, 15) is 18.0 Å². The van der Waals surface area contributed by atoms with Crippen molar-refractivity contribution in [3.63, 3.8) is 0 Å². The zero-order valence-corrected chi connectivity index (χ0v) is 12.6. The molecule has 0 aromatic carbocycles. The molecule has 1 unspecified atom stereocenters. The van der Waals surface area contributed by atoms with Crippen molar-refractivity contribution in [2.45, 2.75) is 10.9 Å². The molecule has 9 nitrogen and oxygen atoms in total. The van der Waals surface area contributed by atoms with Crippen LogP contribution in [0.15, 0.2) is 20.7 Å². The fourth-order valence-corrected chi connectivity index (χ4v) is 3.24. The van der Waals surface area contributed by atoms with Gasteiger partial charge in [0.15, 0.2) is 4.90 Å². The molecule has 1 aromatic rings. The van der Waals surface area contributed by atoms with Gasteiger partial charge in [0.25, 0.3) is 5.56 Å². The second-order valence-electron chi connectivity index (χ2n) is 4.83. The SMILES string of the molecule is Cn1cc(S(=O)(=O)NCC2COCCN2)c(=O)n(C)c1=O. The second-order valence-corrected chi connectivity index (χ2v) is 6.56. The summed E-state index contributed by atoms with van der Waals surface area (Å²) < 4.78 is 33.8. The van der Waals surface area contributed by atoms with Gasteiger partial charge in [-0.05, 0) is 0 Å². The molecule has 1 aliphatic heterocycles. The average Bonchev–Trinajstić information content (AvgIpc) is 2.48. The van der Waals surface area contributed by atoms with Crippen LogP contribution in [0.5, 0.6) is 0 Å². The molecule has 0 saturated carbocycles. The molecule has 10 heteroatoms. The van der Waals surface area contributed by atoms with Gasteiger partial charge in [-0.3, -0.25) is 9.36 Å². The summed E-state index contributed by atoms with van der Waals surface area (Å²) >= 11 is 0. The quantitative estimate of drug-likeness (QED) is 0.627. The Labute approximate surface area is 121 Å². The Balaban J connectivity index is 2.23. The predicted octanol–water partition coefficient (Wildman–Crippen LogP) is -2.65. The fourth-order valence-electron chi connectivity index (χ4n) is 2.00. The number of morpholine rings is 1. The van der Waals surface area contributed by atoms with Crippen LogP contribution in [0, 0.1) is 0 Å². The van der Waals surface area contributed by atoms with Crippen LogP contribution < -0.4 is 21.3 Å². The Kier molecular flexibility index (Phi) is 4.61. The lowest BCUT2D eigenvalue weighted by Gasteiger charge is -2.23. The van der Waals surface area contributed by atoms with Crippen LogP contribution >= 0.6 is 0 Å². The van der Waals surface area contributed by atoms with E-state index in [4.69, 9.17) is 4.74 Å². The molecule has 21 heavy (non-hydrogen) atoms. The summed E-state index contributed by atoms with van der Waals surface area (Å²) in [5, 5.41) is 3.10. The number of aryl methyl sites for hydroxylation is 1. The van der Waals surface area contributed by atoms with Gasteiger partial charge in [-0.1, -0.05) is 0 Å². The first-order valence-electron chi connectivity index (χ1n) is 6.40. The summed E-state index contributed by atoms with van der Waals surface area (Å²) in [4.78, 5) is 23.0. The lowest BCUT2D eigenvalue weighted by molar-refractivity contribution is 0.0784. The summed E-state index contributed by atoms with van der Waals surface area (Å²) in [7, 11) is -1.37. The van der Waals surface area contributed by atoms with Crippen LogP contribution in [-0.4, -0.2) is 49.9 Å². The van der Waals surface area contributed by atoms with Crippen molar-refractivity contribution in [1.82, 2.24) is 19.2 Å². The third-order valence-corrected chi connectivity index (χ3v) is 4.63. The number of hydrogen-bond acceptors (Lipinski definition) is 6. The van der Waals surface area contributed by atoms with Gasteiger partial charge >= 0.3 is 5.69 Å². The molecule has 1 atom stereocenters. The number of aromatic nitrogens is 2. The highest BCUT2D eigenvalue weighted by Crippen LogP contribution is 2.01. The molecule has 0 spiro atoms. The lowest BCUT2D eigenvalue weighted by atomic mass is 10.3. The number of ether oxygens (including phenoxy) is 1. The fraction of sp³-hybridized carbons (Fsp3) is 0.636. The highest BCUT2D eigenvalue weighted by Gasteiger charge is 2.23. The van der Waals surface area contributed by atoms with Crippen molar-refractivity contribution < 1.29 is 13.2 Å². The summed E-state index contributed by atoms with van der Waals surface area (Å²) in [6.45, 7) is 1.74. The van der Waals surface area contributed by atoms with Crippen molar-refractivity contribution in [3.05, 3.63) is 27.0 Å². The number of nitrogens with zero attached hydrogens (tertiary/aromatic N) is 2. The number of rotatable bonds is 4. The largest absolute Gasteiger partial charge is 0.378 e. The molecule has 1 fully saturated rings. The second kappa shape index (κ2) is 6.10. The van der Waals surface area contributed by atoms with E-state index in [1.54, 1.807) is 0 Å². The first-order valence-corrected chi connectivity index (χ1v) is 7.88. The van der Waals surface area contributed by atoms with E-state index < -0.39 is 26.2 Å². The first kappa shape index (κ1) is 15.9. The minimum atomic E-state index is -3.99. The van der Waals surface area contributed by atoms with E-state index in [2.05, 4.69) is 10.0 Å². The van der Waals surface area contributed by atoms with Crippen LogP contribution in [0.1, 0.15) is 0 Å². The molecule has 2 heterocycles. The predicted molar refractivity (Wildman–Crippen MR) is 74.7 cm³/mol. The Hall–Kier alpha value is -1.49. The van der Waals surface area contributed by atoms with E-state index in [0.717, 1.165) is 15.3 Å². The van der Waals surface area contributed by atoms with Gasteiger partial charge in [-0.25, -0.2) is 17.9 Å². The lowest BCUT2D eigenvalue weighted by Crippen LogP contribution is -2.49. The van der Waals surface area contributed by atoms with Crippen LogP contribution in [0.4, 0.5) is 0 Å². The first-order chi connectivity index (χ1) is 9.83. The van der Waals surface area contributed by atoms with Gasteiger partial charge < -0.3 is 14.6 Å². The minimum Gasteiger partial charge on any atom is -0.378 e. The molecule has 0 aliphatic carbocycles. The van der Waals surface area contributed by atoms with Gasteiger partial charge in [0.2, 0.25) is 10.0 Å². The maximum atomic E-state index is 12.2. The summed E-state index contributed by atoms with van der Waals surface area (Å²) in [5.74, 6) is 0. The Morgan fingerprint density at radius 1 is 1.43 bits per heavy atom. The van der Waals surface area contributed by atoms with E-state index in [1.807, 2.05) is 0 Å². The zero-order valence-electron chi connectivity index (χ0n) is 11.8. The maximum Gasteiger partial charge on any atom is 0.330 e. The normalized spacial score (nSPS) is 19.6. The smallest absolute Gasteiger partial charge is 0.330 e. The topological polar surface area (TPSA) is 111 Å². The van der Waals surface area contributed by atoms with E-state index >= 15 is 0 Å². The highest BCUT2D eigenvalue weighted by molar-refractivity contribution is 7.89. The van der Waals surface area contributed by atoms with Crippen molar-refractivity contribution in [2.24, 2.45) is 14.1 Å². The monoisotopic (exact) mass is 318 g/mol. The number of hydrogen-bond donors (Lipinski definition) is 2. The van der Waals surface area contributed by atoms with E-state index in [-0.39, 0.29) is 12.6 Å². The highest BCUT2D eigenvalue weighted by atomic mass is 32.2. The van der Waals surface area contributed by atoms with Gasteiger partial charge in [0, 0.05) is 39.4 Å². The number of nitrogens with one attached hydrogen (secondary N) is 2.